The van der Waals surface area contributed by atoms with Gasteiger partial charge in [0.05, 0.1) is 18.5 Å². The summed E-state index contributed by atoms with van der Waals surface area (Å²) >= 11 is 0. The zero-order valence-corrected chi connectivity index (χ0v) is 6.84. The second kappa shape index (κ2) is 3.12. The Kier molecular flexibility index (Phi) is 2.18. The van der Waals surface area contributed by atoms with Crippen molar-refractivity contribution in [2.75, 3.05) is 18.2 Å². The van der Waals surface area contributed by atoms with Crippen molar-refractivity contribution in [1.29, 1.82) is 0 Å². The van der Waals surface area contributed by atoms with E-state index in [2.05, 4.69) is 20.3 Å². The first-order valence-electron chi connectivity index (χ1n) is 3.30. The van der Waals surface area contributed by atoms with Crippen molar-refractivity contribution in [2.45, 2.75) is 6.92 Å². The zero-order chi connectivity index (χ0) is 9.14. The average molecular weight is 170 g/mol. The number of carbonyl (C=O) groups excluding carboxylic acids is 1. The summed E-state index contributed by atoms with van der Waals surface area (Å²) in [5, 5.41) is 8.71. The molecule has 0 unspecified atom stereocenters. The molecule has 0 bridgehead atoms. The summed E-state index contributed by atoms with van der Waals surface area (Å²) in [6.07, 6.45) is -0.590. The Morgan fingerprint density at radius 3 is 2.83 bits per heavy atom. The molecule has 4 N–H and O–H groups in total. The largest absolute Gasteiger partial charge is 0.453 e. The van der Waals surface area contributed by atoms with Crippen molar-refractivity contribution >= 4 is 17.6 Å². The second-order valence-electron chi connectivity index (χ2n) is 2.23. The number of rotatable bonds is 1. The van der Waals surface area contributed by atoms with Gasteiger partial charge in [0.1, 0.15) is 0 Å². The minimum Gasteiger partial charge on any atom is -0.453 e. The van der Waals surface area contributed by atoms with Gasteiger partial charge >= 0.3 is 6.09 Å². The third-order valence-corrected chi connectivity index (χ3v) is 1.40. The number of amides is 1. The first kappa shape index (κ1) is 8.38. The van der Waals surface area contributed by atoms with Crippen LogP contribution in [-0.2, 0) is 4.74 Å². The Hall–Kier alpha value is -1.72. The molecule has 0 spiro atoms. The van der Waals surface area contributed by atoms with Crippen LogP contribution in [0.4, 0.5) is 16.3 Å². The van der Waals surface area contributed by atoms with Crippen LogP contribution in [-0.4, -0.2) is 23.4 Å². The van der Waals surface area contributed by atoms with Crippen molar-refractivity contribution in [3.8, 4) is 0 Å². The lowest BCUT2D eigenvalue weighted by atomic mass is 10.4. The molecule has 1 amide bonds. The molecule has 0 aliphatic carbocycles. The number of nitrogens with one attached hydrogen (secondary N) is 2. The number of aromatic amines is 1. The van der Waals surface area contributed by atoms with E-state index in [0.717, 1.165) is 0 Å². The van der Waals surface area contributed by atoms with Crippen molar-refractivity contribution in [2.24, 2.45) is 0 Å². The standard InChI is InChI=1S/C6H10N4O2/c1-3-4(7)5(10-9-3)8-6(11)12-2/h7H2,1-2H3,(H2,8,9,10,11). The number of ether oxygens (including phenoxy) is 1. The lowest BCUT2D eigenvalue weighted by Crippen LogP contribution is -2.12. The molecule has 1 aromatic rings. The number of carbonyl (C=O) groups is 1. The monoisotopic (exact) mass is 170 g/mol. The highest BCUT2D eigenvalue weighted by molar-refractivity contribution is 5.87. The molecule has 1 rings (SSSR count). The topological polar surface area (TPSA) is 93.0 Å². The van der Waals surface area contributed by atoms with Crippen LogP contribution in [0.15, 0.2) is 0 Å². The number of H-pyrrole nitrogens is 1. The molecule has 0 fully saturated rings. The van der Waals surface area contributed by atoms with Gasteiger partial charge in [0.2, 0.25) is 0 Å². The fourth-order valence-corrected chi connectivity index (χ4v) is 0.681. The molecular weight excluding hydrogens is 160 g/mol. The minimum absolute atomic E-state index is 0.291. The highest BCUT2D eigenvalue weighted by Crippen LogP contribution is 2.17. The molecule has 0 aromatic carbocycles. The third-order valence-electron chi connectivity index (χ3n) is 1.40. The van der Waals surface area contributed by atoms with Gasteiger partial charge < -0.3 is 10.5 Å². The molecule has 12 heavy (non-hydrogen) atoms. The van der Waals surface area contributed by atoms with E-state index < -0.39 is 6.09 Å². The van der Waals surface area contributed by atoms with Crippen LogP contribution in [0.3, 0.4) is 0 Å². The van der Waals surface area contributed by atoms with E-state index in [-0.39, 0.29) is 0 Å². The van der Waals surface area contributed by atoms with Crippen LogP contribution < -0.4 is 11.1 Å². The molecule has 0 radical (unpaired) electrons. The Bertz CT molecular complexity index is 294. The summed E-state index contributed by atoms with van der Waals surface area (Å²) in [4.78, 5) is 10.7. The average Bonchev–Trinajstić information content (AvgIpc) is 2.36. The number of nitrogens with zero attached hydrogens (tertiary/aromatic N) is 1. The van der Waals surface area contributed by atoms with E-state index in [4.69, 9.17) is 5.73 Å². The highest BCUT2D eigenvalue weighted by Gasteiger charge is 2.08. The lowest BCUT2D eigenvalue weighted by Gasteiger charge is -1.99. The molecular formula is C6H10N4O2. The van der Waals surface area contributed by atoms with E-state index in [0.29, 0.717) is 17.2 Å². The molecule has 66 valence electrons. The van der Waals surface area contributed by atoms with Crippen LogP contribution in [0.2, 0.25) is 0 Å². The predicted molar refractivity (Wildman–Crippen MR) is 43.8 cm³/mol. The maximum atomic E-state index is 10.7. The molecule has 0 saturated carbocycles. The maximum absolute atomic E-state index is 10.7. The fraction of sp³-hybridized carbons (Fsp3) is 0.333. The van der Waals surface area contributed by atoms with E-state index >= 15 is 0 Å². The van der Waals surface area contributed by atoms with Gasteiger partial charge in [-0.25, -0.2) is 4.79 Å². The molecule has 6 nitrogen and oxygen atoms in total. The molecule has 0 saturated heterocycles. The van der Waals surface area contributed by atoms with Crippen LogP contribution in [0.1, 0.15) is 5.69 Å². The van der Waals surface area contributed by atoms with Crippen LogP contribution in [0.25, 0.3) is 0 Å². The molecule has 6 heteroatoms. The summed E-state index contributed by atoms with van der Waals surface area (Å²) < 4.78 is 4.36. The summed E-state index contributed by atoms with van der Waals surface area (Å²) in [5.74, 6) is 0.291. The third kappa shape index (κ3) is 1.47. The molecule has 0 atom stereocenters. The number of hydrogen-bond acceptors (Lipinski definition) is 4. The fourth-order valence-electron chi connectivity index (χ4n) is 0.681. The van der Waals surface area contributed by atoms with Gasteiger partial charge in [-0.3, -0.25) is 10.4 Å². The first-order valence-corrected chi connectivity index (χ1v) is 3.30. The van der Waals surface area contributed by atoms with E-state index in [1.807, 2.05) is 0 Å². The number of nitrogens with two attached hydrogens (primary N) is 1. The Labute approximate surface area is 69.1 Å². The quantitative estimate of drug-likeness (QED) is 0.571. The van der Waals surface area contributed by atoms with Gasteiger partial charge in [-0.05, 0) is 6.92 Å². The number of nitrogen functional groups attached to an aromatic ring is 1. The summed E-state index contributed by atoms with van der Waals surface area (Å²) in [6, 6.07) is 0. The van der Waals surface area contributed by atoms with Crippen LogP contribution >= 0.6 is 0 Å². The SMILES string of the molecule is COC(=O)Nc1n[nH]c(C)c1N. The lowest BCUT2D eigenvalue weighted by molar-refractivity contribution is 0.187. The normalized spacial score (nSPS) is 9.50. The number of methoxy groups -OCH3 is 1. The number of aryl methyl sites for hydroxylation is 1. The van der Waals surface area contributed by atoms with Gasteiger partial charge in [0, 0.05) is 0 Å². The maximum Gasteiger partial charge on any atom is 0.412 e. The Balaban J connectivity index is 2.76. The van der Waals surface area contributed by atoms with E-state index in [9.17, 15) is 4.79 Å². The van der Waals surface area contributed by atoms with Crippen molar-refractivity contribution < 1.29 is 9.53 Å². The van der Waals surface area contributed by atoms with Gasteiger partial charge in [0.25, 0.3) is 0 Å². The second-order valence-corrected chi connectivity index (χ2v) is 2.23. The van der Waals surface area contributed by atoms with Crippen LogP contribution in [0, 0.1) is 6.92 Å². The number of aromatic nitrogens is 2. The van der Waals surface area contributed by atoms with Crippen molar-refractivity contribution in [3.05, 3.63) is 5.69 Å². The Morgan fingerprint density at radius 1 is 1.75 bits per heavy atom. The van der Waals surface area contributed by atoms with Crippen LogP contribution in [0.5, 0.6) is 0 Å². The van der Waals surface area contributed by atoms with Crippen molar-refractivity contribution in [1.82, 2.24) is 10.2 Å². The molecule has 1 heterocycles. The molecule has 0 aliphatic rings. The zero-order valence-electron chi connectivity index (χ0n) is 6.84. The van der Waals surface area contributed by atoms with Gasteiger partial charge in [-0.1, -0.05) is 0 Å². The summed E-state index contributed by atoms with van der Waals surface area (Å²) in [7, 11) is 1.27. The van der Waals surface area contributed by atoms with Gasteiger partial charge in [-0.2, -0.15) is 5.10 Å². The highest BCUT2D eigenvalue weighted by atomic mass is 16.5. The summed E-state index contributed by atoms with van der Waals surface area (Å²) in [6.45, 7) is 1.75. The van der Waals surface area contributed by atoms with E-state index in [1.54, 1.807) is 6.92 Å². The number of anilines is 2. The van der Waals surface area contributed by atoms with Gasteiger partial charge in [0.15, 0.2) is 5.82 Å². The Morgan fingerprint density at radius 2 is 2.42 bits per heavy atom. The van der Waals surface area contributed by atoms with Crippen molar-refractivity contribution in [3.63, 3.8) is 0 Å². The predicted octanol–water partition coefficient (Wildman–Crippen LogP) is 0.479. The first-order chi connectivity index (χ1) is 5.65. The smallest absolute Gasteiger partial charge is 0.412 e. The summed E-state index contributed by atoms with van der Waals surface area (Å²) in [5.41, 5.74) is 6.67. The number of hydrogen-bond donors (Lipinski definition) is 3. The molecule has 1 aromatic heterocycles. The molecule has 0 aliphatic heterocycles. The van der Waals surface area contributed by atoms with Gasteiger partial charge in [-0.15, -0.1) is 0 Å². The van der Waals surface area contributed by atoms with E-state index in [1.165, 1.54) is 7.11 Å². The minimum atomic E-state index is -0.590.